The molecule has 1 atom stereocenters. The van der Waals surface area contributed by atoms with Gasteiger partial charge in [0.2, 0.25) is 10.0 Å². The minimum Gasteiger partial charge on any atom is -0.345 e. The number of nitrogens with zero attached hydrogens (tertiary/aromatic N) is 2. The van der Waals surface area contributed by atoms with Crippen molar-refractivity contribution in [3.63, 3.8) is 0 Å². The van der Waals surface area contributed by atoms with Gasteiger partial charge in [0.1, 0.15) is 17.6 Å². The maximum atomic E-state index is 15.0. The zero-order valence-electron chi connectivity index (χ0n) is 20.2. The van der Waals surface area contributed by atoms with Gasteiger partial charge in [0.15, 0.2) is 17.4 Å². The Morgan fingerprint density at radius 2 is 2.03 bits per heavy atom. The summed E-state index contributed by atoms with van der Waals surface area (Å²) in [6, 6.07) is 3.29. The van der Waals surface area contributed by atoms with Gasteiger partial charge in [0, 0.05) is 36.3 Å². The van der Waals surface area contributed by atoms with Crippen molar-refractivity contribution >= 4 is 38.3 Å². The number of carbonyl (C=O) groups is 2. The van der Waals surface area contributed by atoms with E-state index in [1.807, 2.05) is 4.72 Å². The van der Waals surface area contributed by atoms with E-state index < -0.39 is 51.3 Å². The summed E-state index contributed by atoms with van der Waals surface area (Å²) in [4.78, 5) is 34.6. The Labute approximate surface area is 212 Å². The highest BCUT2D eigenvalue weighted by Crippen LogP contribution is 2.25. The number of hydrogen-bond acceptors (Lipinski definition) is 6. The number of aromatic nitrogens is 2. The fourth-order valence-corrected chi connectivity index (χ4v) is 5.59. The second-order valence-electron chi connectivity index (χ2n) is 9.14. The monoisotopic (exact) mass is 536 g/mol. The number of ketones is 2. The fraction of sp³-hybridized carbons (Fsp3) is 0.400. The molecule has 0 aliphatic carbocycles. The molecule has 1 aliphatic heterocycles. The number of anilines is 1. The number of Topliss-reactive ketones (excluding diaryl/α,β-unsaturated/α-hetero) is 2. The van der Waals surface area contributed by atoms with E-state index in [2.05, 4.69) is 9.97 Å². The average molecular weight is 537 g/mol. The Balaban J connectivity index is 1.56. The standard InChI is InChI=1S/C25H27F3N4O4S/c1-2-8-37(35,36)31-20-6-5-19(27)23(24(20)28)21(33)10-15-9-17-18(12-30-25(17)29-11-15)22(34)14-32-7-3-4-16(26)13-32/h5-6,9,11-12,16,31H,2-4,7-8,10,13-14H2,1H3,(H,29,30). The van der Waals surface area contributed by atoms with Crippen LogP contribution in [-0.4, -0.2) is 66.4 Å². The van der Waals surface area contributed by atoms with Crippen LogP contribution in [0.5, 0.6) is 0 Å². The summed E-state index contributed by atoms with van der Waals surface area (Å²) >= 11 is 0. The maximum Gasteiger partial charge on any atom is 0.232 e. The van der Waals surface area contributed by atoms with Gasteiger partial charge >= 0.3 is 0 Å². The highest BCUT2D eigenvalue weighted by molar-refractivity contribution is 7.92. The molecule has 0 amide bonds. The largest absolute Gasteiger partial charge is 0.345 e. The first-order valence-electron chi connectivity index (χ1n) is 11.9. The predicted molar refractivity (Wildman–Crippen MR) is 133 cm³/mol. The van der Waals surface area contributed by atoms with Gasteiger partial charge in [-0.25, -0.2) is 26.6 Å². The van der Waals surface area contributed by atoms with Gasteiger partial charge in [-0.2, -0.15) is 0 Å². The van der Waals surface area contributed by atoms with Crippen LogP contribution in [0.25, 0.3) is 11.0 Å². The number of aromatic amines is 1. The van der Waals surface area contributed by atoms with E-state index in [0.29, 0.717) is 41.5 Å². The van der Waals surface area contributed by atoms with Crippen LogP contribution in [0.1, 0.15) is 52.5 Å². The SMILES string of the molecule is CCCS(=O)(=O)Nc1ccc(F)c(C(=O)Cc2cnc3[nH]cc(C(=O)CN4CCCC(F)C4)c3c2)c1F. The highest BCUT2D eigenvalue weighted by Gasteiger charge is 2.25. The van der Waals surface area contributed by atoms with Crippen LogP contribution in [-0.2, 0) is 16.4 Å². The van der Waals surface area contributed by atoms with Crippen LogP contribution < -0.4 is 4.72 Å². The summed E-state index contributed by atoms with van der Waals surface area (Å²) < 4.78 is 69.2. The number of carbonyl (C=O) groups excluding carboxylic acids is 2. The van der Waals surface area contributed by atoms with E-state index in [1.54, 1.807) is 17.9 Å². The van der Waals surface area contributed by atoms with E-state index >= 15 is 0 Å². The Bertz CT molecular complexity index is 1440. The van der Waals surface area contributed by atoms with E-state index in [0.717, 1.165) is 12.1 Å². The number of alkyl halides is 1. The van der Waals surface area contributed by atoms with Crippen molar-refractivity contribution in [3.05, 3.63) is 58.9 Å². The van der Waals surface area contributed by atoms with Gasteiger partial charge in [-0.3, -0.25) is 19.2 Å². The van der Waals surface area contributed by atoms with Gasteiger partial charge in [-0.15, -0.1) is 0 Å². The molecule has 3 aromatic rings. The quantitative estimate of drug-likeness (QED) is 0.379. The lowest BCUT2D eigenvalue weighted by Gasteiger charge is -2.27. The normalized spacial score (nSPS) is 16.7. The van der Waals surface area contributed by atoms with Gasteiger partial charge < -0.3 is 4.98 Å². The lowest BCUT2D eigenvalue weighted by Crippen LogP contribution is -2.39. The third-order valence-corrected chi connectivity index (χ3v) is 7.65. The number of rotatable bonds is 10. The van der Waals surface area contributed by atoms with E-state index in [4.69, 9.17) is 0 Å². The van der Waals surface area contributed by atoms with Crippen molar-refractivity contribution in [3.8, 4) is 0 Å². The first-order valence-corrected chi connectivity index (χ1v) is 13.6. The van der Waals surface area contributed by atoms with E-state index in [1.165, 1.54) is 12.4 Å². The summed E-state index contributed by atoms with van der Waals surface area (Å²) in [6.45, 7) is 2.48. The molecule has 2 N–H and O–H groups in total. The predicted octanol–water partition coefficient (Wildman–Crippen LogP) is 4.03. The van der Waals surface area contributed by atoms with Crippen LogP contribution in [0.2, 0.25) is 0 Å². The molecule has 3 heterocycles. The molecule has 1 aliphatic rings. The Morgan fingerprint density at radius 3 is 2.76 bits per heavy atom. The fourth-order valence-electron chi connectivity index (χ4n) is 4.45. The van der Waals surface area contributed by atoms with Gasteiger partial charge in [-0.1, -0.05) is 6.92 Å². The van der Waals surface area contributed by atoms with Crippen LogP contribution in [0.3, 0.4) is 0 Å². The smallest absolute Gasteiger partial charge is 0.232 e. The number of piperidine rings is 1. The molecule has 0 radical (unpaired) electrons. The molecule has 1 fully saturated rings. The second-order valence-corrected chi connectivity index (χ2v) is 11.0. The summed E-state index contributed by atoms with van der Waals surface area (Å²) in [5, 5.41) is 0.436. The first-order chi connectivity index (χ1) is 17.6. The third kappa shape index (κ3) is 6.19. The van der Waals surface area contributed by atoms with Gasteiger partial charge in [0.05, 0.1) is 23.5 Å². The summed E-state index contributed by atoms with van der Waals surface area (Å²) in [6.07, 6.45) is 2.89. The number of sulfonamides is 1. The van der Waals surface area contributed by atoms with E-state index in [9.17, 15) is 31.2 Å². The van der Waals surface area contributed by atoms with Crippen molar-refractivity contribution in [1.82, 2.24) is 14.9 Å². The molecule has 37 heavy (non-hydrogen) atoms. The number of H-pyrrole nitrogens is 1. The van der Waals surface area contributed by atoms with Crippen LogP contribution in [0, 0.1) is 11.6 Å². The van der Waals surface area contributed by atoms with Crippen molar-refractivity contribution in [2.75, 3.05) is 30.1 Å². The molecule has 0 saturated carbocycles. The first kappa shape index (κ1) is 26.8. The molecule has 8 nitrogen and oxygen atoms in total. The Hall–Kier alpha value is -3.25. The van der Waals surface area contributed by atoms with Crippen LogP contribution in [0.15, 0.2) is 30.6 Å². The zero-order valence-corrected chi connectivity index (χ0v) is 21.0. The summed E-state index contributed by atoms with van der Waals surface area (Å²) in [7, 11) is -3.86. The minimum absolute atomic E-state index is 0.0354. The van der Waals surface area contributed by atoms with E-state index in [-0.39, 0.29) is 31.0 Å². The van der Waals surface area contributed by atoms with Crippen molar-refractivity contribution < 1.29 is 31.2 Å². The number of halogens is 3. The summed E-state index contributed by atoms with van der Waals surface area (Å²) in [5.41, 5.74) is -0.357. The van der Waals surface area contributed by atoms with Gasteiger partial charge in [-0.05, 0) is 49.6 Å². The number of benzene rings is 1. The Kier molecular flexibility index (Phi) is 7.98. The number of pyridine rings is 1. The van der Waals surface area contributed by atoms with Crippen LogP contribution >= 0.6 is 0 Å². The molecule has 12 heteroatoms. The average Bonchev–Trinajstić information content (AvgIpc) is 3.24. The second kappa shape index (κ2) is 11.0. The molecular formula is C25H27F3N4O4S. The van der Waals surface area contributed by atoms with Crippen molar-refractivity contribution in [2.24, 2.45) is 0 Å². The summed E-state index contributed by atoms with van der Waals surface area (Å²) in [5.74, 6) is -3.85. The molecule has 0 bridgehead atoms. The maximum absolute atomic E-state index is 15.0. The molecule has 4 rings (SSSR count). The van der Waals surface area contributed by atoms with Crippen LogP contribution in [0.4, 0.5) is 18.9 Å². The zero-order chi connectivity index (χ0) is 26.7. The molecule has 198 valence electrons. The number of fused-ring (bicyclic) bond motifs is 1. The molecule has 1 aromatic carbocycles. The molecular weight excluding hydrogens is 509 g/mol. The highest BCUT2D eigenvalue weighted by atomic mass is 32.2. The molecule has 2 aromatic heterocycles. The lowest BCUT2D eigenvalue weighted by molar-refractivity contribution is 0.0859. The number of nitrogens with one attached hydrogen (secondary N) is 2. The Morgan fingerprint density at radius 1 is 1.24 bits per heavy atom. The number of hydrogen-bond donors (Lipinski definition) is 2. The van der Waals surface area contributed by atoms with Gasteiger partial charge in [0.25, 0.3) is 0 Å². The topological polar surface area (TPSA) is 112 Å². The molecule has 1 unspecified atom stereocenters. The third-order valence-electron chi connectivity index (χ3n) is 6.18. The van der Waals surface area contributed by atoms with Crippen molar-refractivity contribution in [1.29, 1.82) is 0 Å². The number of likely N-dealkylation sites (tertiary alicyclic amines) is 1. The molecule has 1 saturated heterocycles. The lowest BCUT2D eigenvalue weighted by atomic mass is 10.0. The molecule has 0 spiro atoms. The minimum atomic E-state index is -3.86. The van der Waals surface area contributed by atoms with Crippen molar-refractivity contribution in [2.45, 2.75) is 38.8 Å².